The molecule has 0 radical (unpaired) electrons. The van der Waals surface area contributed by atoms with Crippen molar-refractivity contribution in [2.24, 2.45) is 0 Å². The lowest BCUT2D eigenvalue weighted by atomic mass is 10.1. The van der Waals surface area contributed by atoms with Gasteiger partial charge in [0.25, 0.3) is 5.56 Å². The van der Waals surface area contributed by atoms with E-state index >= 15 is 0 Å². The summed E-state index contributed by atoms with van der Waals surface area (Å²) in [5, 5.41) is 3.40. The second-order valence-corrected chi connectivity index (χ2v) is 6.77. The second-order valence-electron chi connectivity index (χ2n) is 5.82. The number of hydrogen-bond donors (Lipinski definition) is 1. The van der Waals surface area contributed by atoms with Crippen molar-refractivity contribution in [3.05, 3.63) is 69.0 Å². The number of fused-ring (bicyclic) bond motifs is 1. The molecule has 0 amide bonds. The first kappa shape index (κ1) is 19.2. The van der Waals surface area contributed by atoms with Crippen LogP contribution in [0.1, 0.15) is 5.69 Å². The van der Waals surface area contributed by atoms with Gasteiger partial charge in [0.1, 0.15) is 5.69 Å². The van der Waals surface area contributed by atoms with Crippen LogP contribution in [0.25, 0.3) is 27.3 Å². The van der Waals surface area contributed by atoms with Crippen molar-refractivity contribution in [1.29, 1.82) is 0 Å². The first-order valence-corrected chi connectivity index (χ1v) is 8.57. The fraction of sp³-hybridized carbons (Fsp3) is 0.0588. The summed E-state index contributed by atoms with van der Waals surface area (Å²) in [6.45, 7) is 0. The molecule has 3 aromatic heterocycles. The van der Waals surface area contributed by atoms with E-state index in [9.17, 15) is 35.5 Å². The van der Waals surface area contributed by atoms with Gasteiger partial charge in [0.15, 0.2) is 28.9 Å². The van der Waals surface area contributed by atoms with Crippen LogP contribution in [0.2, 0.25) is 0 Å². The fourth-order valence-electron chi connectivity index (χ4n) is 2.79. The molecule has 0 saturated heterocycles. The van der Waals surface area contributed by atoms with Crippen LogP contribution >= 0.6 is 11.3 Å². The van der Waals surface area contributed by atoms with E-state index in [4.69, 9.17) is 0 Å². The minimum absolute atomic E-state index is 0.0945. The van der Waals surface area contributed by atoms with Gasteiger partial charge in [-0.2, -0.15) is 13.2 Å². The van der Waals surface area contributed by atoms with Gasteiger partial charge in [-0.25, -0.2) is 27.1 Å². The third-order valence-corrected chi connectivity index (χ3v) is 4.93. The zero-order valence-electron chi connectivity index (χ0n) is 13.7. The summed E-state index contributed by atoms with van der Waals surface area (Å²) >= 11 is 0.924. The van der Waals surface area contributed by atoms with Crippen molar-refractivity contribution in [1.82, 2.24) is 14.6 Å². The number of halogens is 7. The van der Waals surface area contributed by atoms with Crippen LogP contribution in [0, 0.1) is 23.3 Å². The monoisotopic (exact) mass is 433 g/mol. The van der Waals surface area contributed by atoms with Crippen molar-refractivity contribution in [3.8, 4) is 21.7 Å². The lowest BCUT2D eigenvalue weighted by Gasteiger charge is -2.07. The van der Waals surface area contributed by atoms with E-state index in [0.717, 1.165) is 11.3 Å². The lowest BCUT2D eigenvalue weighted by Crippen LogP contribution is -2.16. The predicted molar refractivity (Wildman–Crippen MR) is 89.4 cm³/mol. The van der Waals surface area contributed by atoms with Crippen LogP contribution in [0.5, 0.6) is 0 Å². The molecule has 4 rings (SSSR count). The van der Waals surface area contributed by atoms with Crippen molar-refractivity contribution in [3.63, 3.8) is 0 Å². The van der Waals surface area contributed by atoms with Crippen LogP contribution in [0.3, 0.4) is 0 Å². The average molecular weight is 433 g/mol. The number of nitrogens with one attached hydrogen (secondary N) is 1. The highest BCUT2D eigenvalue weighted by Gasteiger charge is 2.38. The standard InChI is InChI=1S/C17H6F7N3OS/c18-7-4-6(12(19)14(21)13(7)20)8-5-10(28)27-16(25-8)11(9-2-1-3-29-9)15(26-27)17(22,23)24/h1-5,26H. The maximum Gasteiger partial charge on any atom is 0.433 e. The Labute approximate surface area is 159 Å². The molecule has 4 nitrogen and oxygen atoms in total. The molecule has 150 valence electrons. The molecule has 1 N–H and O–H groups in total. The van der Waals surface area contributed by atoms with Gasteiger partial charge in [-0.15, -0.1) is 11.3 Å². The SMILES string of the molecule is O=c1cc(-c2cc(F)c(F)c(F)c2F)nc2c(-c3cccs3)c(C(F)(F)F)[nH]n12. The topological polar surface area (TPSA) is 50.2 Å². The number of rotatable bonds is 2. The van der Waals surface area contributed by atoms with Gasteiger partial charge in [-0.3, -0.25) is 9.89 Å². The molecule has 0 aliphatic rings. The zero-order valence-corrected chi connectivity index (χ0v) is 14.6. The third-order valence-electron chi connectivity index (χ3n) is 4.05. The van der Waals surface area contributed by atoms with Crippen molar-refractivity contribution >= 4 is 17.0 Å². The Morgan fingerprint density at radius 2 is 1.76 bits per heavy atom. The smallest absolute Gasteiger partial charge is 0.284 e. The molecule has 0 bridgehead atoms. The number of thiophene rings is 1. The highest BCUT2D eigenvalue weighted by atomic mass is 32.1. The second kappa shape index (κ2) is 6.44. The molecule has 12 heteroatoms. The number of aromatic amines is 1. The van der Waals surface area contributed by atoms with E-state index < -0.39 is 63.2 Å². The summed E-state index contributed by atoms with van der Waals surface area (Å²) in [7, 11) is 0. The van der Waals surface area contributed by atoms with Gasteiger partial charge in [-0.1, -0.05) is 6.07 Å². The van der Waals surface area contributed by atoms with Crippen LogP contribution in [-0.4, -0.2) is 14.6 Å². The maximum absolute atomic E-state index is 14.1. The molecule has 0 unspecified atom stereocenters. The first-order valence-electron chi connectivity index (χ1n) is 7.69. The summed E-state index contributed by atoms with van der Waals surface area (Å²) < 4.78 is 95.3. The van der Waals surface area contributed by atoms with E-state index in [1.165, 1.54) is 17.5 Å². The molecular weight excluding hydrogens is 427 g/mol. The number of aromatic nitrogens is 3. The summed E-state index contributed by atoms with van der Waals surface area (Å²) in [5.41, 5.74) is -4.97. The largest absolute Gasteiger partial charge is 0.433 e. The van der Waals surface area contributed by atoms with E-state index in [-0.39, 0.29) is 10.9 Å². The quantitative estimate of drug-likeness (QED) is 0.275. The molecule has 3 heterocycles. The van der Waals surface area contributed by atoms with Gasteiger partial charge >= 0.3 is 6.18 Å². The molecule has 1 aromatic carbocycles. The van der Waals surface area contributed by atoms with Crippen LogP contribution in [0.15, 0.2) is 34.4 Å². The van der Waals surface area contributed by atoms with Crippen molar-refractivity contribution < 1.29 is 30.7 Å². The Bertz CT molecular complexity index is 1310. The molecule has 29 heavy (non-hydrogen) atoms. The third kappa shape index (κ3) is 2.99. The fourth-order valence-corrected chi connectivity index (χ4v) is 3.57. The molecule has 0 spiro atoms. The van der Waals surface area contributed by atoms with Crippen molar-refractivity contribution in [2.45, 2.75) is 6.18 Å². The Morgan fingerprint density at radius 3 is 2.38 bits per heavy atom. The average Bonchev–Trinajstić information content (AvgIpc) is 3.29. The van der Waals surface area contributed by atoms with Gasteiger partial charge in [-0.05, 0) is 17.5 Å². The molecular formula is C17H6F7N3OS. The summed E-state index contributed by atoms with van der Waals surface area (Å²) in [5.74, 6) is -7.77. The van der Waals surface area contributed by atoms with E-state index in [1.807, 2.05) is 5.10 Å². The summed E-state index contributed by atoms with van der Waals surface area (Å²) in [6, 6.07) is 3.67. The summed E-state index contributed by atoms with van der Waals surface area (Å²) in [4.78, 5) is 16.2. The molecule has 0 fully saturated rings. The number of alkyl halides is 3. The van der Waals surface area contributed by atoms with Gasteiger partial charge < -0.3 is 0 Å². The van der Waals surface area contributed by atoms with Gasteiger partial charge in [0.05, 0.1) is 11.3 Å². The van der Waals surface area contributed by atoms with E-state index in [0.29, 0.717) is 10.6 Å². The zero-order chi connectivity index (χ0) is 21.1. The first-order chi connectivity index (χ1) is 13.6. The highest BCUT2D eigenvalue weighted by molar-refractivity contribution is 7.13. The minimum atomic E-state index is -4.89. The lowest BCUT2D eigenvalue weighted by molar-refractivity contribution is -0.140. The van der Waals surface area contributed by atoms with E-state index in [1.54, 1.807) is 0 Å². The minimum Gasteiger partial charge on any atom is -0.284 e. The van der Waals surface area contributed by atoms with Gasteiger partial charge in [0, 0.05) is 16.5 Å². The van der Waals surface area contributed by atoms with Crippen molar-refractivity contribution in [2.75, 3.05) is 0 Å². The Kier molecular flexibility index (Phi) is 4.26. The van der Waals surface area contributed by atoms with Crippen LogP contribution in [0.4, 0.5) is 30.7 Å². The van der Waals surface area contributed by atoms with Crippen LogP contribution in [-0.2, 0) is 6.18 Å². The Hall–Kier alpha value is -3.15. The molecule has 0 aliphatic carbocycles. The molecule has 0 aliphatic heterocycles. The Morgan fingerprint density at radius 1 is 1.03 bits per heavy atom. The highest BCUT2D eigenvalue weighted by Crippen LogP contribution is 2.40. The molecule has 4 aromatic rings. The number of nitrogens with zero attached hydrogens (tertiary/aromatic N) is 2. The van der Waals surface area contributed by atoms with E-state index in [2.05, 4.69) is 4.98 Å². The number of H-pyrrole nitrogens is 1. The number of hydrogen-bond acceptors (Lipinski definition) is 3. The predicted octanol–water partition coefficient (Wildman–Crippen LogP) is 4.99. The maximum atomic E-state index is 14.1. The van der Waals surface area contributed by atoms with Crippen LogP contribution < -0.4 is 5.56 Å². The number of benzene rings is 1. The Balaban J connectivity index is 2.09. The summed E-state index contributed by atoms with van der Waals surface area (Å²) in [6.07, 6.45) is -4.89. The normalized spacial score (nSPS) is 12.1. The molecule has 0 saturated carbocycles. The van der Waals surface area contributed by atoms with Gasteiger partial charge in [0.2, 0.25) is 0 Å². The molecule has 0 atom stereocenters.